The first-order valence-corrected chi connectivity index (χ1v) is 9.65. The van der Waals surface area contributed by atoms with Gasteiger partial charge in [0.1, 0.15) is 18.1 Å². The second-order valence-corrected chi connectivity index (χ2v) is 6.83. The Labute approximate surface area is 181 Å². The molecule has 0 bridgehead atoms. The van der Waals surface area contributed by atoms with Crippen molar-refractivity contribution < 1.29 is 9.47 Å². The summed E-state index contributed by atoms with van der Waals surface area (Å²) in [4.78, 5) is 6.83. The van der Waals surface area contributed by atoms with Crippen LogP contribution in [0.5, 0.6) is 11.5 Å². The molecule has 1 saturated heterocycles. The molecule has 1 fully saturated rings. The Bertz CT molecular complexity index is 549. The number of likely N-dealkylation sites (tertiary alicyclic amines) is 1. The number of rotatable bonds is 9. The van der Waals surface area contributed by atoms with E-state index in [-0.39, 0.29) is 24.0 Å². The van der Waals surface area contributed by atoms with Gasteiger partial charge in [-0.1, -0.05) is 13.0 Å². The maximum Gasteiger partial charge on any atom is 0.191 e. The Morgan fingerprint density at radius 3 is 2.59 bits per heavy atom. The Balaban J connectivity index is 0.00000364. The van der Waals surface area contributed by atoms with Crippen LogP contribution in [0.4, 0.5) is 0 Å². The van der Waals surface area contributed by atoms with Gasteiger partial charge in [0.15, 0.2) is 5.96 Å². The molecule has 0 aromatic heterocycles. The Morgan fingerprint density at radius 1 is 1.19 bits per heavy atom. The zero-order valence-corrected chi connectivity index (χ0v) is 19.2. The SMILES string of the molecule is CN=C(NCCCN1CCC(C)CC1)NCCOc1cccc(OC)c1.I. The van der Waals surface area contributed by atoms with E-state index in [9.17, 15) is 0 Å². The monoisotopic (exact) mass is 490 g/mol. The van der Waals surface area contributed by atoms with Gasteiger partial charge in [0.05, 0.1) is 13.7 Å². The summed E-state index contributed by atoms with van der Waals surface area (Å²) < 4.78 is 10.9. The Morgan fingerprint density at radius 2 is 1.89 bits per heavy atom. The predicted molar refractivity (Wildman–Crippen MR) is 123 cm³/mol. The van der Waals surface area contributed by atoms with Crippen LogP contribution in [-0.4, -0.2) is 64.3 Å². The highest BCUT2D eigenvalue weighted by Crippen LogP contribution is 2.18. The fourth-order valence-electron chi connectivity index (χ4n) is 3.05. The topological polar surface area (TPSA) is 58.1 Å². The number of piperidine rings is 1. The van der Waals surface area contributed by atoms with Gasteiger partial charge in [-0.15, -0.1) is 24.0 Å². The van der Waals surface area contributed by atoms with E-state index in [0.29, 0.717) is 13.2 Å². The van der Waals surface area contributed by atoms with Gasteiger partial charge in [-0.2, -0.15) is 0 Å². The van der Waals surface area contributed by atoms with E-state index in [4.69, 9.17) is 9.47 Å². The minimum Gasteiger partial charge on any atom is -0.497 e. The van der Waals surface area contributed by atoms with Crippen molar-refractivity contribution >= 4 is 29.9 Å². The number of ether oxygens (including phenoxy) is 2. The summed E-state index contributed by atoms with van der Waals surface area (Å²) in [6.07, 6.45) is 3.81. The molecule has 1 aromatic rings. The van der Waals surface area contributed by atoms with Crippen molar-refractivity contribution in [2.24, 2.45) is 10.9 Å². The van der Waals surface area contributed by atoms with Crippen LogP contribution in [-0.2, 0) is 0 Å². The van der Waals surface area contributed by atoms with Crippen molar-refractivity contribution in [3.8, 4) is 11.5 Å². The molecule has 0 spiro atoms. The fourth-order valence-corrected chi connectivity index (χ4v) is 3.05. The second-order valence-electron chi connectivity index (χ2n) is 6.83. The minimum atomic E-state index is 0. The van der Waals surface area contributed by atoms with Crippen molar-refractivity contribution in [1.29, 1.82) is 0 Å². The summed E-state index contributed by atoms with van der Waals surface area (Å²) >= 11 is 0. The lowest BCUT2D eigenvalue weighted by Crippen LogP contribution is -2.41. The van der Waals surface area contributed by atoms with Crippen molar-refractivity contribution in [1.82, 2.24) is 15.5 Å². The van der Waals surface area contributed by atoms with Gasteiger partial charge in [-0.3, -0.25) is 4.99 Å². The molecular formula is C20H35IN4O2. The van der Waals surface area contributed by atoms with Crippen molar-refractivity contribution in [3.63, 3.8) is 0 Å². The van der Waals surface area contributed by atoms with E-state index < -0.39 is 0 Å². The third kappa shape index (κ3) is 9.51. The number of halogens is 1. The van der Waals surface area contributed by atoms with Gasteiger partial charge in [0.25, 0.3) is 0 Å². The molecule has 27 heavy (non-hydrogen) atoms. The molecule has 1 aliphatic heterocycles. The third-order valence-electron chi connectivity index (χ3n) is 4.75. The van der Waals surface area contributed by atoms with Gasteiger partial charge in [0, 0.05) is 19.7 Å². The highest BCUT2D eigenvalue weighted by Gasteiger charge is 2.14. The van der Waals surface area contributed by atoms with Gasteiger partial charge in [-0.25, -0.2) is 0 Å². The number of methoxy groups -OCH3 is 1. The van der Waals surface area contributed by atoms with Crippen LogP contribution in [0.3, 0.4) is 0 Å². The quantitative estimate of drug-likeness (QED) is 0.241. The van der Waals surface area contributed by atoms with Gasteiger partial charge >= 0.3 is 0 Å². The second kappa shape index (κ2) is 13.9. The summed E-state index contributed by atoms with van der Waals surface area (Å²) in [6, 6.07) is 7.64. The lowest BCUT2D eigenvalue weighted by atomic mass is 9.99. The number of nitrogens with one attached hydrogen (secondary N) is 2. The van der Waals surface area contributed by atoms with E-state index in [2.05, 4.69) is 27.4 Å². The highest BCUT2D eigenvalue weighted by molar-refractivity contribution is 14.0. The molecular weight excluding hydrogens is 455 g/mol. The van der Waals surface area contributed by atoms with Gasteiger partial charge < -0.3 is 25.0 Å². The smallest absolute Gasteiger partial charge is 0.191 e. The average molecular weight is 490 g/mol. The Kier molecular flexibility index (Phi) is 12.2. The largest absolute Gasteiger partial charge is 0.497 e. The van der Waals surface area contributed by atoms with Gasteiger partial charge in [-0.05, 0) is 56.9 Å². The van der Waals surface area contributed by atoms with Crippen molar-refractivity contribution in [2.45, 2.75) is 26.2 Å². The minimum absolute atomic E-state index is 0. The first-order chi connectivity index (χ1) is 12.7. The summed E-state index contributed by atoms with van der Waals surface area (Å²) in [7, 11) is 3.45. The molecule has 2 rings (SSSR count). The number of hydrogen-bond acceptors (Lipinski definition) is 4. The molecule has 1 aromatic carbocycles. The lowest BCUT2D eigenvalue weighted by molar-refractivity contribution is 0.191. The molecule has 0 amide bonds. The number of hydrogen-bond donors (Lipinski definition) is 2. The number of nitrogens with zero attached hydrogens (tertiary/aromatic N) is 2. The van der Waals surface area contributed by atoms with Crippen molar-refractivity contribution in [3.05, 3.63) is 24.3 Å². The van der Waals surface area contributed by atoms with Crippen LogP contribution in [0.1, 0.15) is 26.2 Å². The molecule has 7 heteroatoms. The van der Waals surface area contributed by atoms with Crippen LogP contribution >= 0.6 is 24.0 Å². The molecule has 0 saturated carbocycles. The van der Waals surface area contributed by atoms with Crippen LogP contribution in [0.25, 0.3) is 0 Å². The van der Waals surface area contributed by atoms with E-state index in [0.717, 1.165) is 42.9 Å². The molecule has 0 atom stereocenters. The number of benzene rings is 1. The van der Waals surface area contributed by atoms with Crippen LogP contribution in [0.2, 0.25) is 0 Å². The first kappa shape index (κ1) is 23.8. The zero-order chi connectivity index (χ0) is 18.6. The predicted octanol–water partition coefficient (Wildman–Crippen LogP) is 2.98. The zero-order valence-electron chi connectivity index (χ0n) is 16.9. The van der Waals surface area contributed by atoms with Crippen LogP contribution in [0, 0.1) is 5.92 Å². The summed E-state index contributed by atoms with van der Waals surface area (Å²) in [5.41, 5.74) is 0. The van der Waals surface area contributed by atoms with E-state index >= 15 is 0 Å². The van der Waals surface area contributed by atoms with E-state index in [1.165, 1.54) is 25.9 Å². The molecule has 154 valence electrons. The van der Waals surface area contributed by atoms with E-state index in [1.54, 1.807) is 14.2 Å². The molecule has 0 aliphatic carbocycles. The average Bonchev–Trinajstić information content (AvgIpc) is 2.68. The molecule has 0 radical (unpaired) electrons. The lowest BCUT2D eigenvalue weighted by Gasteiger charge is -2.30. The first-order valence-electron chi connectivity index (χ1n) is 9.65. The summed E-state index contributed by atoms with van der Waals surface area (Å²) in [5, 5.41) is 6.65. The molecule has 0 unspecified atom stereocenters. The number of aliphatic imine (C=N–C) groups is 1. The molecule has 2 N–H and O–H groups in total. The van der Waals surface area contributed by atoms with Crippen LogP contribution < -0.4 is 20.1 Å². The summed E-state index contributed by atoms with van der Waals surface area (Å²) in [6.45, 7) is 8.21. The maximum absolute atomic E-state index is 5.73. The summed E-state index contributed by atoms with van der Waals surface area (Å²) in [5.74, 6) is 3.33. The Hall–Kier alpha value is -1.22. The maximum atomic E-state index is 5.73. The normalized spacial score (nSPS) is 15.7. The van der Waals surface area contributed by atoms with E-state index in [1.807, 2.05) is 24.3 Å². The molecule has 6 nitrogen and oxygen atoms in total. The highest BCUT2D eigenvalue weighted by atomic mass is 127. The number of guanidine groups is 1. The fraction of sp³-hybridized carbons (Fsp3) is 0.650. The standard InChI is InChI=1S/C20H34N4O2.HI/c1-17-8-13-24(14-9-17)12-5-10-22-20(21-2)23-11-15-26-19-7-4-6-18(16-19)25-3;/h4,6-7,16-17H,5,8-15H2,1-3H3,(H2,21,22,23);1H. The van der Waals surface area contributed by atoms with Crippen LogP contribution in [0.15, 0.2) is 29.3 Å². The van der Waals surface area contributed by atoms with Crippen molar-refractivity contribution in [2.75, 3.05) is 53.5 Å². The molecule has 1 heterocycles. The third-order valence-corrected chi connectivity index (χ3v) is 4.75. The van der Waals surface area contributed by atoms with Gasteiger partial charge in [0.2, 0.25) is 0 Å². The molecule has 1 aliphatic rings.